The average molecular weight is 418 g/mol. The summed E-state index contributed by atoms with van der Waals surface area (Å²) >= 11 is 1.65. The van der Waals surface area contributed by atoms with Gasteiger partial charge in [0.05, 0.1) is 20.9 Å². The fraction of sp³-hybridized carbons (Fsp3) is 0.368. The molecule has 148 valence electrons. The predicted molar refractivity (Wildman–Crippen MR) is 114 cm³/mol. The van der Waals surface area contributed by atoms with Gasteiger partial charge in [0.25, 0.3) is 0 Å². The molecule has 1 aromatic carbocycles. The molecule has 1 aliphatic rings. The zero-order valence-electron chi connectivity index (χ0n) is 15.7. The van der Waals surface area contributed by atoms with Gasteiger partial charge in [-0.2, -0.15) is 4.98 Å². The van der Waals surface area contributed by atoms with Crippen molar-refractivity contribution < 1.29 is 8.42 Å². The van der Waals surface area contributed by atoms with Crippen LogP contribution in [0.2, 0.25) is 0 Å². The number of hydrogen-bond acceptors (Lipinski definition) is 8. The van der Waals surface area contributed by atoms with Gasteiger partial charge in [0.1, 0.15) is 5.82 Å². The molecule has 0 radical (unpaired) electrons. The van der Waals surface area contributed by atoms with Crippen LogP contribution in [-0.2, 0) is 16.4 Å². The lowest BCUT2D eigenvalue weighted by molar-refractivity contribution is 0.596. The average Bonchev–Trinajstić information content (AvgIpc) is 2.99. The topological polar surface area (TPSA) is 101 Å². The molecule has 1 aliphatic heterocycles. The number of aryl methyl sites for hydroxylation is 1. The Kier molecular flexibility index (Phi) is 5.22. The first-order valence-corrected chi connectivity index (χ1v) is 11.7. The number of aromatic nitrogens is 2. The Morgan fingerprint density at radius 3 is 2.93 bits per heavy atom. The molecule has 28 heavy (non-hydrogen) atoms. The molecule has 2 aromatic heterocycles. The Hall–Kier alpha value is -2.23. The fourth-order valence-electron chi connectivity index (χ4n) is 3.34. The normalized spacial score (nSPS) is 16.0. The van der Waals surface area contributed by atoms with Gasteiger partial charge in [-0.1, -0.05) is 18.2 Å². The number of rotatable bonds is 5. The molecule has 0 unspecified atom stereocenters. The molecule has 4 rings (SSSR count). The number of anilines is 2. The number of nitrogens with one attached hydrogen (secondary N) is 1. The molecule has 0 aliphatic carbocycles. The molecular weight excluding hydrogens is 394 g/mol. The molecular formula is C19H23N5O2S2. The maximum Gasteiger partial charge on any atom is 0.228 e. The van der Waals surface area contributed by atoms with Gasteiger partial charge >= 0.3 is 0 Å². The predicted octanol–water partition coefficient (Wildman–Crippen LogP) is 2.55. The smallest absolute Gasteiger partial charge is 0.228 e. The first-order chi connectivity index (χ1) is 13.5. The SMILES string of the molecule is Cc1cc2nc(N3CCS(=O)(=O)c4ccccc4C3)nc(NCCCN)c2s1. The minimum Gasteiger partial charge on any atom is -0.369 e. The number of fused-ring (bicyclic) bond motifs is 2. The van der Waals surface area contributed by atoms with Gasteiger partial charge in [-0.3, -0.25) is 0 Å². The molecule has 7 nitrogen and oxygen atoms in total. The van der Waals surface area contributed by atoms with Crippen molar-refractivity contribution in [1.29, 1.82) is 0 Å². The zero-order valence-corrected chi connectivity index (χ0v) is 17.3. The highest BCUT2D eigenvalue weighted by atomic mass is 32.2. The fourth-order valence-corrected chi connectivity index (χ4v) is 5.76. The van der Waals surface area contributed by atoms with Crippen LogP contribution in [0.3, 0.4) is 0 Å². The number of hydrogen-bond donors (Lipinski definition) is 2. The summed E-state index contributed by atoms with van der Waals surface area (Å²) in [4.78, 5) is 13.0. The van der Waals surface area contributed by atoms with Crippen molar-refractivity contribution >= 4 is 43.2 Å². The van der Waals surface area contributed by atoms with E-state index in [4.69, 9.17) is 15.7 Å². The van der Waals surface area contributed by atoms with Crippen LogP contribution in [0.15, 0.2) is 35.2 Å². The van der Waals surface area contributed by atoms with Gasteiger partial charge in [-0.05, 0) is 37.6 Å². The second-order valence-electron chi connectivity index (χ2n) is 6.86. The standard InChI is InChI=1S/C19H23N5O2S2/c1-13-11-15-17(27-13)18(21-8-4-7-20)23-19(22-15)24-9-10-28(25,26)16-6-3-2-5-14(16)12-24/h2-3,5-6,11H,4,7-10,12,20H2,1H3,(H,21,22,23). The second-order valence-corrected chi connectivity index (χ2v) is 10.2. The van der Waals surface area contributed by atoms with Crippen molar-refractivity contribution in [3.8, 4) is 0 Å². The van der Waals surface area contributed by atoms with Gasteiger partial charge in [-0.15, -0.1) is 11.3 Å². The summed E-state index contributed by atoms with van der Waals surface area (Å²) in [6.45, 7) is 4.21. The zero-order chi connectivity index (χ0) is 19.7. The summed E-state index contributed by atoms with van der Waals surface area (Å²) in [6.07, 6.45) is 0.848. The van der Waals surface area contributed by atoms with Crippen LogP contribution in [0, 0.1) is 6.92 Å². The van der Waals surface area contributed by atoms with E-state index in [0.717, 1.165) is 39.4 Å². The maximum atomic E-state index is 12.6. The van der Waals surface area contributed by atoms with Gasteiger partial charge in [0.2, 0.25) is 5.95 Å². The van der Waals surface area contributed by atoms with E-state index in [1.807, 2.05) is 30.0 Å². The first kappa shape index (κ1) is 19.1. The maximum absolute atomic E-state index is 12.6. The van der Waals surface area contributed by atoms with Crippen LogP contribution in [0.1, 0.15) is 16.9 Å². The van der Waals surface area contributed by atoms with E-state index in [-0.39, 0.29) is 5.75 Å². The largest absolute Gasteiger partial charge is 0.369 e. The second kappa shape index (κ2) is 7.65. The Morgan fingerprint density at radius 2 is 2.11 bits per heavy atom. The summed E-state index contributed by atoms with van der Waals surface area (Å²) in [5.74, 6) is 1.38. The van der Waals surface area contributed by atoms with Crippen LogP contribution in [0.25, 0.3) is 10.2 Å². The number of nitrogens with zero attached hydrogens (tertiary/aromatic N) is 3. The van der Waals surface area contributed by atoms with E-state index < -0.39 is 9.84 Å². The Morgan fingerprint density at radius 1 is 1.29 bits per heavy atom. The highest BCUT2D eigenvalue weighted by molar-refractivity contribution is 7.91. The highest BCUT2D eigenvalue weighted by Crippen LogP contribution is 2.32. The summed E-state index contributed by atoms with van der Waals surface area (Å²) in [6, 6.07) is 9.22. The minimum absolute atomic E-state index is 0.0456. The van der Waals surface area contributed by atoms with Gasteiger partial charge in [0.15, 0.2) is 9.84 Å². The van der Waals surface area contributed by atoms with E-state index >= 15 is 0 Å². The Balaban J connectivity index is 1.74. The van der Waals surface area contributed by atoms with E-state index in [1.54, 1.807) is 23.5 Å². The Bertz CT molecular complexity index is 1110. The molecule has 0 atom stereocenters. The third-order valence-electron chi connectivity index (χ3n) is 4.74. The van der Waals surface area contributed by atoms with Crippen LogP contribution in [0.5, 0.6) is 0 Å². The molecule has 0 saturated heterocycles. The van der Waals surface area contributed by atoms with E-state index in [2.05, 4.69) is 5.32 Å². The lowest BCUT2D eigenvalue weighted by Crippen LogP contribution is -2.27. The monoisotopic (exact) mass is 417 g/mol. The molecule has 0 saturated carbocycles. The van der Waals surface area contributed by atoms with Crippen LogP contribution in [-0.4, -0.2) is 43.8 Å². The lowest BCUT2D eigenvalue weighted by atomic mass is 10.2. The molecule has 3 N–H and O–H groups in total. The molecule has 3 aromatic rings. The molecule has 0 amide bonds. The van der Waals surface area contributed by atoms with Crippen molar-refractivity contribution in [2.75, 3.05) is 35.6 Å². The molecule has 0 fully saturated rings. The lowest BCUT2D eigenvalue weighted by Gasteiger charge is -2.21. The van der Waals surface area contributed by atoms with Crippen molar-refractivity contribution in [2.45, 2.75) is 24.8 Å². The summed E-state index contributed by atoms with van der Waals surface area (Å²) < 4.78 is 26.3. The van der Waals surface area contributed by atoms with E-state index in [1.165, 1.54) is 0 Å². The van der Waals surface area contributed by atoms with Crippen molar-refractivity contribution in [3.63, 3.8) is 0 Å². The van der Waals surface area contributed by atoms with Gasteiger partial charge in [-0.25, -0.2) is 13.4 Å². The van der Waals surface area contributed by atoms with Crippen molar-refractivity contribution in [3.05, 3.63) is 40.8 Å². The van der Waals surface area contributed by atoms with Crippen LogP contribution in [0.4, 0.5) is 11.8 Å². The molecule has 0 bridgehead atoms. The van der Waals surface area contributed by atoms with Crippen molar-refractivity contribution in [1.82, 2.24) is 9.97 Å². The summed E-state index contributed by atoms with van der Waals surface area (Å²) in [5.41, 5.74) is 7.27. The number of sulfone groups is 1. The highest BCUT2D eigenvalue weighted by Gasteiger charge is 2.27. The van der Waals surface area contributed by atoms with Gasteiger partial charge in [0, 0.05) is 24.5 Å². The molecule has 9 heteroatoms. The number of benzene rings is 1. The molecule has 3 heterocycles. The Labute approximate surface area is 168 Å². The summed E-state index contributed by atoms with van der Waals surface area (Å²) in [5, 5.41) is 3.37. The third kappa shape index (κ3) is 3.69. The quantitative estimate of drug-likeness (QED) is 0.615. The van der Waals surface area contributed by atoms with Crippen LogP contribution < -0.4 is 16.0 Å². The van der Waals surface area contributed by atoms with E-state index in [0.29, 0.717) is 30.5 Å². The number of nitrogens with two attached hydrogens (primary N) is 1. The number of thiophene rings is 1. The minimum atomic E-state index is -3.31. The van der Waals surface area contributed by atoms with E-state index in [9.17, 15) is 8.42 Å². The van der Waals surface area contributed by atoms with Gasteiger partial charge < -0.3 is 16.0 Å². The van der Waals surface area contributed by atoms with Crippen molar-refractivity contribution in [2.24, 2.45) is 5.73 Å². The first-order valence-electron chi connectivity index (χ1n) is 9.25. The third-order valence-corrected chi connectivity index (χ3v) is 7.57. The summed E-state index contributed by atoms with van der Waals surface area (Å²) in [7, 11) is -3.31. The molecule has 0 spiro atoms. The van der Waals surface area contributed by atoms with Crippen LogP contribution >= 0.6 is 11.3 Å².